The van der Waals surface area contributed by atoms with Gasteiger partial charge in [-0.05, 0) is 130 Å². The van der Waals surface area contributed by atoms with Crippen molar-refractivity contribution in [1.29, 1.82) is 0 Å². The molecular weight excluding hydrogens is 484 g/mol. The lowest BCUT2D eigenvalue weighted by Gasteiger charge is -2.30. The van der Waals surface area contributed by atoms with E-state index in [2.05, 4.69) is 108 Å². The number of fused-ring (bicyclic) bond motifs is 1. The second-order valence-electron chi connectivity index (χ2n) is 11.9. The molecule has 5 aliphatic rings. The first-order chi connectivity index (χ1) is 19.8. The van der Waals surface area contributed by atoms with Crippen LogP contribution in [0.1, 0.15) is 62.5 Å². The molecule has 0 radical (unpaired) electrons. The minimum atomic E-state index is 0.640. The SMILES string of the molecule is C1=CC(C2CC=CNC2)CC(C2=CC=C(C3=c4ccccc4=C(c4cccc(C5=CNCCC5)c4)CC3)CC2)=C1. The third-order valence-electron chi connectivity index (χ3n) is 9.55. The number of nitrogens with one attached hydrogen (secondary N) is 2. The Balaban J connectivity index is 1.19. The molecule has 2 N–H and O–H groups in total. The van der Waals surface area contributed by atoms with Crippen molar-refractivity contribution in [3.8, 4) is 0 Å². The highest BCUT2D eigenvalue weighted by atomic mass is 14.8. The second-order valence-corrected chi connectivity index (χ2v) is 11.9. The topological polar surface area (TPSA) is 24.1 Å². The highest BCUT2D eigenvalue weighted by Gasteiger charge is 2.25. The molecule has 2 nitrogen and oxygen atoms in total. The van der Waals surface area contributed by atoms with E-state index in [1.54, 1.807) is 11.1 Å². The Morgan fingerprint density at radius 2 is 1.50 bits per heavy atom. The summed E-state index contributed by atoms with van der Waals surface area (Å²) in [7, 11) is 0. The maximum atomic E-state index is 3.44. The van der Waals surface area contributed by atoms with Gasteiger partial charge in [0.05, 0.1) is 0 Å². The van der Waals surface area contributed by atoms with Crippen molar-refractivity contribution in [3.63, 3.8) is 0 Å². The number of hydrogen-bond acceptors (Lipinski definition) is 2. The minimum absolute atomic E-state index is 0.640. The summed E-state index contributed by atoms with van der Waals surface area (Å²) in [5.41, 5.74) is 11.8. The van der Waals surface area contributed by atoms with Gasteiger partial charge in [-0.3, -0.25) is 0 Å². The van der Waals surface area contributed by atoms with Crippen LogP contribution in [0, 0.1) is 11.8 Å². The average Bonchev–Trinajstić information content (AvgIpc) is 3.05. The lowest BCUT2D eigenvalue weighted by molar-refractivity contribution is 0.374. The third-order valence-corrected chi connectivity index (χ3v) is 9.55. The number of benzene rings is 2. The second kappa shape index (κ2) is 11.4. The molecular formula is C38H40N2. The Morgan fingerprint density at radius 1 is 0.675 bits per heavy atom. The normalized spacial score (nSPS) is 24.2. The van der Waals surface area contributed by atoms with Crippen molar-refractivity contribution in [2.24, 2.45) is 11.8 Å². The molecule has 202 valence electrons. The minimum Gasteiger partial charge on any atom is -0.391 e. The third kappa shape index (κ3) is 5.08. The van der Waals surface area contributed by atoms with Gasteiger partial charge in [-0.15, -0.1) is 0 Å². The van der Waals surface area contributed by atoms with Gasteiger partial charge in [0, 0.05) is 19.3 Å². The van der Waals surface area contributed by atoms with Gasteiger partial charge in [-0.2, -0.15) is 0 Å². The molecule has 0 bridgehead atoms. The van der Waals surface area contributed by atoms with Crippen LogP contribution in [0.4, 0.5) is 0 Å². The molecule has 2 aliphatic heterocycles. The van der Waals surface area contributed by atoms with E-state index in [-0.39, 0.29) is 0 Å². The summed E-state index contributed by atoms with van der Waals surface area (Å²) in [6, 6.07) is 18.4. The van der Waals surface area contributed by atoms with Crippen LogP contribution in [-0.4, -0.2) is 13.1 Å². The van der Waals surface area contributed by atoms with Gasteiger partial charge in [0.15, 0.2) is 0 Å². The van der Waals surface area contributed by atoms with Gasteiger partial charge in [0.25, 0.3) is 0 Å². The van der Waals surface area contributed by atoms with Crippen LogP contribution in [0.5, 0.6) is 0 Å². The van der Waals surface area contributed by atoms with Crippen LogP contribution < -0.4 is 21.1 Å². The van der Waals surface area contributed by atoms with E-state index in [0.717, 1.165) is 45.2 Å². The molecule has 0 saturated carbocycles. The quantitative estimate of drug-likeness (QED) is 0.448. The Labute approximate surface area is 239 Å². The Bertz CT molecular complexity index is 1610. The van der Waals surface area contributed by atoms with Crippen LogP contribution in [0.15, 0.2) is 114 Å². The van der Waals surface area contributed by atoms with Gasteiger partial charge in [-0.1, -0.05) is 78.9 Å². The molecule has 40 heavy (non-hydrogen) atoms. The zero-order chi connectivity index (χ0) is 26.7. The molecule has 7 rings (SSSR count). The van der Waals surface area contributed by atoms with Crippen molar-refractivity contribution < 1.29 is 0 Å². The number of allylic oxidation sites excluding steroid dienone is 10. The van der Waals surface area contributed by atoms with Crippen LogP contribution in [0.25, 0.3) is 16.7 Å². The van der Waals surface area contributed by atoms with E-state index in [4.69, 9.17) is 0 Å². The van der Waals surface area contributed by atoms with Crippen LogP contribution in [-0.2, 0) is 0 Å². The summed E-state index contributed by atoms with van der Waals surface area (Å²) in [5, 5.41) is 9.74. The van der Waals surface area contributed by atoms with Gasteiger partial charge in [0.1, 0.15) is 0 Å². The fourth-order valence-electron chi connectivity index (χ4n) is 7.32. The highest BCUT2D eigenvalue weighted by Crippen LogP contribution is 2.37. The summed E-state index contributed by atoms with van der Waals surface area (Å²) in [6.07, 6.45) is 27.8. The molecule has 2 aromatic carbocycles. The Kier molecular flexibility index (Phi) is 7.17. The zero-order valence-electron chi connectivity index (χ0n) is 23.5. The van der Waals surface area contributed by atoms with E-state index in [1.807, 2.05) is 0 Å². The van der Waals surface area contributed by atoms with E-state index >= 15 is 0 Å². The Morgan fingerprint density at radius 3 is 2.30 bits per heavy atom. The number of hydrogen-bond donors (Lipinski definition) is 2. The molecule has 0 fully saturated rings. The molecule has 2 atom stereocenters. The van der Waals surface area contributed by atoms with Crippen LogP contribution in [0.3, 0.4) is 0 Å². The smallest absolute Gasteiger partial charge is 0.0178 e. The van der Waals surface area contributed by atoms with Gasteiger partial charge >= 0.3 is 0 Å². The van der Waals surface area contributed by atoms with Gasteiger partial charge in [-0.25, -0.2) is 0 Å². The molecule has 2 heterocycles. The highest BCUT2D eigenvalue weighted by molar-refractivity contribution is 5.77. The fraction of sp³-hybridized carbons (Fsp3) is 0.316. The van der Waals surface area contributed by atoms with E-state index in [1.165, 1.54) is 63.1 Å². The summed E-state index contributed by atoms with van der Waals surface area (Å²) in [4.78, 5) is 0. The molecule has 2 aromatic rings. The van der Waals surface area contributed by atoms with E-state index in [9.17, 15) is 0 Å². The molecule has 0 amide bonds. The van der Waals surface area contributed by atoms with E-state index < -0.39 is 0 Å². The molecule has 3 aliphatic carbocycles. The summed E-state index contributed by atoms with van der Waals surface area (Å²) in [5.74, 6) is 1.35. The predicted octanol–water partition coefficient (Wildman–Crippen LogP) is 6.83. The average molecular weight is 525 g/mol. The largest absolute Gasteiger partial charge is 0.391 e. The van der Waals surface area contributed by atoms with Gasteiger partial charge in [0.2, 0.25) is 0 Å². The predicted molar refractivity (Wildman–Crippen MR) is 168 cm³/mol. The molecule has 0 aromatic heterocycles. The zero-order valence-corrected chi connectivity index (χ0v) is 23.5. The van der Waals surface area contributed by atoms with Crippen molar-refractivity contribution in [2.75, 3.05) is 13.1 Å². The van der Waals surface area contributed by atoms with E-state index in [0.29, 0.717) is 11.8 Å². The van der Waals surface area contributed by atoms with Crippen molar-refractivity contribution in [1.82, 2.24) is 10.6 Å². The first-order valence-corrected chi connectivity index (χ1v) is 15.3. The summed E-state index contributed by atoms with van der Waals surface area (Å²) >= 11 is 0. The molecule has 2 unspecified atom stereocenters. The maximum Gasteiger partial charge on any atom is 0.0178 e. The summed E-state index contributed by atoms with van der Waals surface area (Å²) < 4.78 is 0. The fourth-order valence-corrected chi connectivity index (χ4v) is 7.32. The number of rotatable bonds is 5. The van der Waals surface area contributed by atoms with Crippen LogP contribution >= 0.6 is 0 Å². The van der Waals surface area contributed by atoms with Crippen LogP contribution in [0.2, 0.25) is 0 Å². The monoisotopic (exact) mass is 524 g/mol. The Hall–Kier alpha value is -3.78. The van der Waals surface area contributed by atoms with Crippen molar-refractivity contribution in [2.45, 2.75) is 51.4 Å². The lowest BCUT2D eigenvalue weighted by Crippen LogP contribution is -2.33. The molecule has 0 spiro atoms. The van der Waals surface area contributed by atoms with Crippen molar-refractivity contribution >= 4 is 16.7 Å². The van der Waals surface area contributed by atoms with Gasteiger partial charge < -0.3 is 10.6 Å². The van der Waals surface area contributed by atoms with Crippen molar-refractivity contribution in [3.05, 3.63) is 136 Å². The maximum absolute atomic E-state index is 3.44. The first-order valence-electron chi connectivity index (χ1n) is 15.3. The summed E-state index contributed by atoms with van der Waals surface area (Å²) in [6.45, 7) is 2.18. The molecule has 0 saturated heterocycles. The standard InChI is InChI=1S/C38H40N2/c1-2-14-38-36(32-10-4-9-31(24-32)34-12-6-22-40-26-34)20-19-35(37(38)13-1)28-17-15-27(16-18-28)29-7-3-8-30(23-29)33-11-5-21-39-25-33/h1-5,7-10,13-15,17,21,24,26,30,33,39-40H,6,11-12,16,18-20,22-23,25H2. The molecule has 2 heteroatoms. The first kappa shape index (κ1) is 25.2. The lowest BCUT2D eigenvalue weighted by atomic mass is 9.77.